The van der Waals surface area contributed by atoms with E-state index in [4.69, 9.17) is 0 Å². The highest BCUT2D eigenvalue weighted by Gasteiger charge is 2.13. The van der Waals surface area contributed by atoms with Gasteiger partial charge in [0.2, 0.25) is 5.95 Å². The number of hydrogen-bond acceptors (Lipinski definition) is 2. The van der Waals surface area contributed by atoms with Crippen molar-refractivity contribution in [2.45, 2.75) is 19.9 Å². The molecule has 1 heterocycles. The number of halogens is 1. The molecule has 0 spiro atoms. The Morgan fingerprint density at radius 1 is 1.26 bits per heavy atom. The van der Waals surface area contributed by atoms with Gasteiger partial charge in [0.15, 0.2) is 0 Å². The average molecular weight is 258 g/mol. The molecule has 98 valence electrons. The molecule has 1 N–H and O–H groups in total. The molecule has 0 aliphatic rings. The molecule has 2 aromatic rings. The van der Waals surface area contributed by atoms with Crippen molar-refractivity contribution in [2.24, 2.45) is 0 Å². The summed E-state index contributed by atoms with van der Waals surface area (Å²) in [6.07, 6.45) is 1.23. The fourth-order valence-corrected chi connectivity index (χ4v) is 1.94. The van der Waals surface area contributed by atoms with Crippen LogP contribution in [0.3, 0.4) is 0 Å². The lowest BCUT2D eigenvalue weighted by molar-refractivity contribution is 0.0939. The van der Waals surface area contributed by atoms with Crippen LogP contribution in [0.15, 0.2) is 42.6 Å². The molecule has 2 rings (SSSR count). The number of hydrogen-bond donors (Lipinski definition) is 1. The van der Waals surface area contributed by atoms with Crippen LogP contribution in [0.5, 0.6) is 0 Å². The number of aromatic nitrogens is 1. The predicted octanol–water partition coefficient (Wildman–Crippen LogP) is 3.02. The van der Waals surface area contributed by atoms with Crippen LogP contribution in [0.25, 0.3) is 0 Å². The number of aryl methyl sites for hydroxylation is 1. The van der Waals surface area contributed by atoms with Crippen molar-refractivity contribution in [1.29, 1.82) is 0 Å². The topological polar surface area (TPSA) is 42.0 Å². The molecule has 4 heteroatoms. The molecular weight excluding hydrogens is 243 g/mol. The molecule has 0 aliphatic heterocycles. The maximum absolute atomic E-state index is 12.7. The Kier molecular flexibility index (Phi) is 3.90. The van der Waals surface area contributed by atoms with Gasteiger partial charge in [0.1, 0.15) is 0 Å². The van der Waals surface area contributed by atoms with Gasteiger partial charge in [-0.15, -0.1) is 0 Å². The second kappa shape index (κ2) is 5.61. The van der Waals surface area contributed by atoms with Crippen molar-refractivity contribution in [1.82, 2.24) is 10.3 Å². The Labute approximate surface area is 111 Å². The van der Waals surface area contributed by atoms with Crippen molar-refractivity contribution in [3.05, 3.63) is 65.2 Å². The van der Waals surface area contributed by atoms with E-state index >= 15 is 0 Å². The monoisotopic (exact) mass is 258 g/mol. The molecule has 0 fully saturated rings. The van der Waals surface area contributed by atoms with Gasteiger partial charge in [-0.1, -0.05) is 24.3 Å². The molecule has 0 saturated carbocycles. The van der Waals surface area contributed by atoms with Crippen LogP contribution in [0.4, 0.5) is 4.39 Å². The molecule has 0 bridgehead atoms. The van der Waals surface area contributed by atoms with E-state index in [2.05, 4.69) is 10.3 Å². The highest BCUT2D eigenvalue weighted by molar-refractivity contribution is 5.94. The van der Waals surface area contributed by atoms with Crippen molar-refractivity contribution < 1.29 is 9.18 Å². The number of rotatable bonds is 3. The first-order valence-corrected chi connectivity index (χ1v) is 6.06. The second-order valence-electron chi connectivity index (χ2n) is 4.42. The quantitative estimate of drug-likeness (QED) is 0.860. The fraction of sp³-hybridized carbons (Fsp3) is 0.200. The third-order valence-corrected chi connectivity index (χ3v) is 2.99. The van der Waals surface area contributed by atoms with Gasteiger partial charge >= 0.3 is 0 Å². The number of nitrogens with zero attached hydrogens (tertiary/aromatic N) is 1. The standard InChI is InChI=1S/C15H15FN2O/c1-10-5-3-4-6-13(10)11(2)18-15(19)12-7-8-14(16)17-9-12/h3-9,11H,1-2H3,(H,18,19). The van der Waals surface area contributed by atoms with E-state index in [0.29, 0.717) is 5.56 Å². The van der Waals surface area contributed by atoms with E-state index in [1.807, 2.05) is 38.1 Å². The van der Waals surface area contributed by atoms with Crippen molar-refractivity contribution in [3.8, 4) is 0 Å². The highest BCUT2D eigenvalue weighted by Crippen LogP contribution is 2.17. The van der Waals surface area contributed by atoms with Crippen LogP contribution in [0.1, 0.15) is 34.5 Å². The van der Waals surface area contributed by atoms with E-state index in [-0.39, 0.29) is 11.9 Å². The maximum atomic E-state index is 12.7. The summed E-state index contributed by atoms with van der Waals surface area (Å²) in [7, 11) is 0. The summed E-state index contributed by atoms with van der Waals surface area (Å²) in [4.78, 5) is 15.4. The molecule has 19 heavy (non-hydrogen) atoms. The van der Waals surface area contributed by atoms with Crippen LogP contribution in [-0.4, -0.2) is 10.9 Å². The third kappa shape index (κ3) is 3.16. The number of benzene rings is 1. The Bertz CT molecular complexity index is 581. The predicted molar refractivity (Wildman–Crippen MR) is 71.3 cm³/mol. The van der Waals surface area contributed by atoms with Crippen molar-refractivity contribution in [2.75, 3.05) is 0 Å². The van der Waals surface area contributed by atoms with Gasteiger partial charge in [0, 0.05) is 6.20 Å². The van der Waals surface area contributed by atoms with Crippen LogP contribution in [0, 0.1) is 12.9 Å². The van der Waals surface area contributed by atoms with E-state index < -0.39 is 5.95 Å². The molecule has 1 unspecified atom stereocenters. The van der Waals surface area contributed by atoms with Gasteiger partial charge in [0.25, 0.3) is 5.91 Å². The number of pyridine rings is 1. The summed E-state index contributed by atoms with van der Waals surface area (Å²) >= 11 is 0. The Hall–Kier alpha value is -2.23. The largest absolute Gasteiger partial charge is 0.345 e. The summed E-state index contributed by atoms with van der Waals surface area (Å²) in [5.41, 5.74) is 2.53. The first-order valence-electron chi connectivity index (χ1n) is 6.06. The molecule has 0 saturated heterocycles. The maximum Gasteiger partial charge on any atom is 0.253 e. The van der Waals surface area contributed by atoms with E-state index in [1.165, 1.54) is 18.3 Å². The van der Waals surface area contributed by atoms with Crippen molar-refractivity contribution in [3.63, 3.8) is 0 Å². The van der Waals surface area contributed by atoms with Crippen LogP contribution >= 0.6 is 0 Å². The molecule has 0 aliphatic carbocycles. The zero-order chi connectivity index (χ0) is 13.8. The van der Waals surface area contributed by atoms with Crippen molar-refractivity contribution >= 4 is 5.91 Å². The molecular formula is C15H15FN2O. The van der Waals surface area contributed by atoms with Crippen LogP contribution < -0.4 is 5.32 Å². The number of amides is 1. The van der Waals surface area contributed by atoms with Gasteiger partial charge < -0.3 is 5.32 Å². The first-order chi connectivity index (χ1) is 9.08. The second-order valence-corrected chi connectivity index (χ2v) is 4.42. The number of carbonyl (C=O) groups excluding carboxylic acids is 1. The number of carbonyl (C=O) groups is 1. The zero-order valence-corrected chi connectivity index (χ0v) is 10.9. The fourth-order valence-electron chi connectivity index (χ4n) is 1.94. The van der Waals surface area contributed by atoms with E-state index in [0.717, 1.165) is 11.1 Å². The minimum absolute atomic E-state index is 0.112. The normalized spacial score (nSPS) is 11.9. The summed E-state index contributed by atoms with van der Waals surface area (Å²) in [5.74, 6) is -0.855. The summed E-state index contributed by atoms with van der Waals surface area (Å²) in [6, 6.07) is 10.3. The minimum Gasteiger partial charge on any atom is -0.345 e. The summed E-state index contributed by atoms with van der Waals surface area (Å²) < 4.78 is 12.7. The molecule has 1 amide bonds. The Morgan fingerprint density at radius 3 is 2.63 bits per heavy atom. The summed E-state index contributed by atoms with van der Waals surface area (Å²) in [6.45, 7) is 3.91. The lowest BCUT2D eigenvalue weighted by atomic mass is 10.0. The zero-order valence-electron chi connectivity index (χ0n) is 10.9. The SMILES string of the molecule is Cc1ccccc1C(C)NC(=O)c1ccc(F)nc1. The van der Waals surface area contributed by atoms with Crippen LogP contribution in [-0.2, 0) is 0 Å². The van der Waals surface area contributed by atoms with Gasteiger partial charge in [-0.25, -0.2) is 4.98 Å². The number of nitrogens with one attached hydrogen (secondary N) is 1. The first kappa shape index (κ1) is 13.2. The average Bonchev–Trinajstić information content (AvgIpc) is 2.39. The molecule has 0 radical (unpaired) electrons. The molecule has 1 atom stereocenters. The summed E-state index contributed by atoms with van der Waals surface area (Å²) in [5, 5.41) is 2.87. The van der Waals surface area contributed by atoms with Gasteiger partial charge in [-0.05, 0) is 37.1 Å². The van der Waals surface area contributed by atoms with E-state index in [1.54, 1.807) is 0 Å². The smallest absolute Gasteiger partial charge is 0.253 e. The lowest BCUT2D eigenvalue weighted by Gasteiger charge is -2.16. The van der Waals surface area contributed by atoms with Gasteiger partial charge in [-0.3, -0.25) is 4.79 Å². The van der Waals surface area contributed by atoms with Gasteiger partial charge in [-0.2, -0.15) is 4.39 Å². The highest BCUT2D eigenvalue weighted by atomic mass is 19.1. The third-order valence-electron chi connectivity index (χ3n) is 2.99. The molecule has 1 aromatic heterocycles. The molecule has 3 nitrogen and oxygen atoms in total. The Morgan fingerprint density at radius 2 is 2.00 bits per heavy atom. The van der Waals surface area contributed by atoms with Gasteiger partial charge in [0.05, 0.1) is 11.6 Å². The lowest BCUT2D eigenvalue weighted by Crippen LogP contribution is -2.27. The van der Waals surface area contributed by atoms with Crippen LogP contribution in [0.2, 0.25) is 0 Å². The van der Waals surface area contributed by atoms with E-state index in [9.17, 15) is 9.18 Å². The minimum atomic E-state index is -0.594. The molecule has 1 aromatic carbocycles. The Balaban J connectivity index is 2.11.